The van der Waals surface area contributed by atoms with Crippen LogP contribution in [0.15, 0.2) is 41.8 Å². The van der Waals surface area contributed by atoms with Gasteiger partial charge in [0, 0.05) is 6.20 Å². The van der Waals surface area contributed by atoms with Crippen LogP contribution < -0.4 is 10.5 Å². The first kappa shape index (κ1) is 13.5. The molecule has 1 aromatic heterocycles. The van der Waals surface area contributed by atoms with Gasteiger partial charge >= 0.3 is 0 Å². The number of halogens is 2. The fraction of sp³-hybridized carbons (Fsp3) is 0. The molecule has 1 heterocycles. The zero-order valence-electron chi connectivity index (χ0n) is 9.55. The van der Waals surface area contributed by atoms with E-state index < -0.39 is 0 Å². The van der Waals surface area contributed by atoms with E-state index in [0.717, 1.165) is 0 Å². The maximum absolute atomic E-state index is 8.72. The van der Waals surface area contributed by atoms with E-state index in [9.17, 15) is 0 Å². The molecular formula is C12H9Cl2N3O2. The van der Waals surface area contributed by atoms with Gasteiger partial charge in [0.15, 0.2) is 11.6 Å². The van der Waals surface area contributed by atoms with E-state index in [-0.39, 0.29) is 10.9 Å². The molecule has 0 fully saturated rings. The number of benzene rings is 1. The van der Waals surface area contributed by atoms with Crippen LogP contribution >= 0.6 is 23.2 Å². The van der Waals surface area contributed by atoms with Gasteiger partial charge in [-0.2, -0.15) is 0 Å². The van der Waals surface area contributed by atoms with Crippen molar-refractivity contribution in [3.63, 3.8) is 0 Å². The summed E-state index contributed by atoms with van der Waals surface area (Å²) in [6, 6.07) is 6.55. The van der Waals surface area contributed by atoms with Crippen molar-refractivity contribution in [2.24, 2.45) is 10.9 Å². The Morgan fingerprint density at radius 3 is 2.79 bits per heavy atom. The summed E-state index contributed by atoms with van der Waals surface area (Å²) >= 11 is 11.9. The fourth-order valence-electron chi connectivity index (χ4n) is 1.41. The molecule has 3 N–H and O–H groups in total. The van der Waals surface area contributed by atoms with Gasteiger partial charge in [0.25, 0.3) is 0 Å². The molecule has 0 radical (unpaired) electrons. The normalized spacial score (nSPS) is 11.4. The quantitative estimate of drug-likeness (QED) is 0.394. The molecule has 0 amide bonds. The van der Waals surface area contributed by atoms with Crippen molar-refractivity contribution >= 4 is 29.0 Å². The summed E-state index contributed by atoms with van der Waals surface area (Å²) in [5.74, 6) is 0.576. The van der Waals surface area contributed by atoms with Crippen molar-refractivity contribution in [2.45, 2.75) is 0 Å². The number of hydrogen-bond donors (Lipinski definition) is 2. The van der Waals surface area contributed by atoms with Crippen LogP contribution in [0.2, 0.25) is 10.0 Å². The molecule has 19 heavy (non-hydrogen) atoms. The van der Waals surface area contributed by atoms with Crippen molar-refractivity contribution in [1.29, 1.82) is 0 Å². The number of pyridine rings is 1. The Balaban J connectivity index is 2.42. The van der Waals surface area contributed by atoms with Gasteiger partial charge in [-0.25, -0.2) is 0 Å². The number of nitrogens with two attached hydrogens (primary N) is 1. The monoisotopic (exact) mass is 297 g/mol. The van der Waals surface area contributed by atoms with Crippen LogP contribution in [0.3, 0.4) is 0 Å². The summed E-state index contributed by atoms with van der Waals surface area (Å²) < 4.78 is 5.59. The fourth-order valence-corrected chi connectivity index (χ4v) is 1.74. The molecule has 0 aliphatic carbocycles. The number of aromatic nitrogens is 1. The van der Waals surface area contributed by atoms with Gasteiger partial charge in [-0.1, -0.05) is 34.4 Å². The lowest BCUT2D eigenvalue weighted by molar-refractivity contribution is 0.318. The molecule has 5 nitrogen and oxygen atoms in total. The Morgan fingerprint density at radius 1 is 1.26 bits per heavy atom. The summed E-state index contributed by atoms with van der Waals surface area (Å²) in [7, 11) is 0. The van der Waals surface area contributed by atoms with Gasteiger partial charge in [-0.3, -0.25) is 4.98 Å². The van der Waals surface area contributed by atoms with Crippen molar-refractivity contribution < 1.29 is 9.94 Å². The minimum absolute atomic E-state index is 0.0875. The molecular weight excluding hydrogens is 289 g/mol. The zero-order chi connectivity index (χ0) is 13.8. The van der Waals surface area contributed by atoms with Gasteiger partial charge in [0.1, 0.15) is 10.8 Å². The Morgan fingerprint density at radius 2 is 2.05 bits per heavy atom. The van der Waals surface area contributed by atoms with Crippen LogP contribution in [-0.2, 0) is 0 Å². The largest absolute Gasteiger partial charge is 0.453 e. The molecule has 1 aromatic carbocycles. The van der Waals surface area contributed by atoms with E-state index in [1.165, 1.54) is 12.4 Å². The predicted octanol–water partition coefficient (Wildman–Crippen LogP) is 3.28. The Bertz CT molecular complexity index is 632. The Hall–Kier alpha value is -1.98. The number of nitrogens with zero attached hydrogens (tertiary/aromatic N) is 2. The first-order valence-corrected chi connectivity index (χ1v) is 5.93. The molecule has 0 aliphatic rings. The predicted molar refractivity (Wildman–Crippen MR) is 73.3 cm³/mol. The molecule has 0 unspecified atom stereocenters. The van der Waals surface area contributed by atoms with E-state index >= 15 is 0 Å². The van der Waals surface area contributed by atoms with Crippen LogP contribution in [0.1, 0.15) is 5.56 Å². The van der Waals surface area contributed by atoms with E-state index in [4.69, 9.17) is 38.9 Å². The topological polar surface area (TPSA) is 80.7 Å². The highest BCUT2D eigenvalue weighted by atomic mass is 35.5. The summed E-state index contributed by atoms with van der Waals surface area (Å²) in [4.78, 5) is 3.92. The molecule has 98 valence electrons. The van der Waals surface area contributed by atoms with Crippen molar-refractivity contribution in [3.8, 4) is 11.5 Å². The van der Waals surface area contributed by atoms with Gasteiger partial charge in [-0.05, 0) is 18.2 Å². The molecule has 0 aliphatic heterocycles. The van der Waals surface area contributed by atoms with Gasteiger partial charge in [0.05, 0.1) is 16.8 Å². The van der Waals surface area contributed by atoms with Crippen LogP contribution in [0.5, 0.6) is 11.5 Å². The third kappa shape index (κ3) is 2.89. The first-order chi connectivity index (χ1) is 9.13. The van der Waals surface area contributed by atoms with E-state index in [1.54, 1.807) is 24.3 Å². The second-order valence-corrected chi connectivity index (χ2v) is 4.30. The maximum atomic E-state index is 8.72. The van der Waals surface area contributed by atoms with Crippen LogP contribution in [0, 0.1) is 0 Å². The number of oxime groups is 1. The van der Waals surface area contributed by atoms with Crippen LogP contribution in [0.4, 0.5) is 0 Å². The molecule has 2 rings (SSSR count). The van der Waals surface area contributed by atoms with Crippen molar-refractivity contribution in [2.75, 3.05) is 0 Å². The van der Waals surface area contributed by atoms with Gasteiger partial charge < -0.3 is 15.7 Å². The molecule has 0 saturated carbocycles. The van der Waals surface area contributed by atoms with E-state index in [2.05, 4.69) is 10.1 Å². The lowest BCUT2D eigenvalue weighted by Crippen LogP contribution is -2.14. The zero-order valence-corrected chi connectivity index (χ0v) is 11.1. The first-order valence-electron chi connectivity index (χ1n) is 5.17. The molecule has 0 bridgehead atoms. The molecule has 7 heteroatoms. The smallest absolute Gasteiger partial charge is 0.173 e. The number of amidine groups is 1. The standard InChI is InChI=1S/C12H9Cl2N3O2/c13-8-2-1-3-9(11(8)14)19-10-6-16-5-4-7(10)12(15)17-18/h1-6,18H,(H2,15,17). The number of rotatable bonds is 3. The van der Waals surface area contributed by atoms with Gasteiger partial charge in [0.2, 0.25) is 0 Å². The summed E-state index contributed by atoms with van der Waals surface area (Å²) in [6.45, 7) is 0. The highest BCUT2D eigenvalue weighted by Crippen LogP contribution is 2.35. The Labute approximate surface area is 119 Å². The van der Waals surface area contributed by atoms with Crippen LogP contribution in [0.25, 0.3) is 0 Å². The molecule has 0 atom stereocenters. The minimum Gasteiger partial charge on any atom is -0.453 e. The van der Waals surface area contributed by atoms with Crippen molar-refractivity contribution in [3.05, 3.63) is 52.3 Å². The second-order valence-electron chi connectivity index (χ2n) is 3.51. The molecule has 0 saturated heterocycles. The molecule has 2 aromatic rings. The minimum atomic E-state index is -0.0875. The number of ether oxygens (including phenoxy) is 1. The number of hydrogen-bond acceptors (Lipinski definition) is 4. The lowest BCUT2D eigenvalue weighted by Gasteiger charge is -2.11. The average Bonchev–Trinajstić information content (AvgIpc) is 2.43. The summed E-state index contributed by atoms with van der Waals surface area (Å²) in [5, 5.41) is 12.3. The summed E-state index contributed by atoms with van der Waals surface area (Å²) in [6.07, 6.45) is 2.93. The summed E-state index contributed by atoms with van der Waals surface area (Å²) in [5.41, 5.74) is 5.95. The third-order valence-corrected chi connectivity index (χ3v) is 3.11. The van der Waals surface area contributed by atoms with E-state index in [1.807, 2.05) is 0 Å². The Kier molecular flexibility index (Phi) is 4.09. The van der Waals surface area contributed by atoms with Crippen LogP contribution in [-0.4, -0.2) is 16.0 Å². The van der Waals surface area contributed by atoms with Gasteiger partial charge in [-0.15, -0.1) is 0 Å². The highest BCUT2D eigenvalue weighted by Gasteiger charge is 2.12. The lowest BCUT2D eigenvalue weighted by atomic mass is 10.2. The third-order valence-electron chi connectivity index (χ3n) is 2.30. The maximum Gasteiger partial charge on any atom is 0.173 e. The SMILES string of the molecule is N/C(=N/O)c1ccncc1Oc1cccc(Cl)c1Cl. The van der Waals surface area contributed by atoms with Crippen molar-refractivity contribution in [1.82, 2.24) is 4.98 Å². The highest BCUT2D eigenvalue weighted by molar-refractivity contribution is 6.42. The van der Waals surface area contributed by atoms with E-state index in [0.29, 0.717) is 22.1 Å². The average molecular weight is 298 g/mol. The molecule has 0 spiro atoms. The second kappa shape index (κ2) is 5.77.